The van der Waals surface area contributed by atoms with Gasteiger partial charge in [0.1, 0.15) is 0 Å². The number of rotatable bonds is 5. The summed E-state index contributed by atoms with van der Waals surface area (Å²) in [6, 6.07) is 8.81. The number of hydrogen-bond acceptors (Lipinski definition) is 4. The van der Waals surface area contributed by atoms with Gasteiger partial charge in [-0.2, -0.15) is 11.8 Å². The lowest BCUT2D eigenvalue weighted by molar-refractivity contribution is -0.132. The molecule has 1 amide bonds. The average Bonchev–Trinajstić information content (AvgIpc) is 3.09. The first-order chi connectivity index (χ1) is 11.3. The van der Waals surface area contributed by atoms with Gasteiger partial charge in [-0.15, -0.1) is 11.8 Å². The Morgan fingerprint density at radius 3 is 2.65 bits per heavy atom. The van der Waals surface area contributed by atoms with Crippen molar-refractivity contribution < 1.29 is 4.79 Å². The van der Waals surface area contributed by atoms with Crippen molar-refractivity contribution in [1.82, 2.24) is 9.80 Å². The number of carbonyl (C=O) groups excluding carboxylic acids is 1. The molecule has 126 valence electrons. The van der Waals surface area contributed by atoms with Gasteiger partial charge in [0.15, 0.2) is 0 Å². The molecule has 2 heterocycles. The Morgan fingerprint density at radius 1 is 1.22 bits per heavy atom. The fourth-order valence-corrected chi connectivity index (χ4v) is 4.88. The van der Waals surface area contributed by atoms with Crippen LogP contribution in [0.1, 0.15) is 18.4 Å². The molecule has 0 aliphatic carbocycles. The fourth-order valence-electron chi connectivity index (χ4n) is 3.42. The third-order valence-electron chi connectivity index (χ3n) is 4.73. The number of likely N-dealkylation sites (tertiary alicyclic amines) is 1. The van der Waals surface area contributed by atoms with Crippen molar-refractivity contribution in [1.29, 1.82) is 0 Å². The van der Waals surface area contributed by atoms with Gasteiger partial charge in [-0.3, -0.25) is 4.79 Å². The molecule has 1 aromatic carbocycles. The number of hydrogen-bond donors (Lipinski definition) is 0. The van der Waals surface area contributed by atoms with E-state index in [4.69, 9.17) is 0 Å². The van der Waals surface area contributed by atoms with Gasteiger partial charge in [-0.1, -0.05) is 12.1 Å². The average molecular weight is 351 g/mol. The topological polar surface area (TPSA) is 23.6 Å². The van der Waals surface area contributed by atoms with Crippen LogP contribution in [0.4, 0.5) is 0 Å². The van der Waals surface area contributed by atoms with Crippen molar-refractivity contribution in [2.45, 2.75) is 30.2 Å². The maximum atomic E-state index is 12.8. The minimum atomic E-state index is 0.298. The molecule has 2 fully saturated rings. The lowest BCUT2D eigenvalue weighted by Gasteiger charge is -2.37. The maximum Gasteiger partial charge on any atom is 0.227 e. The summed E-state index contributed by atoms with van der Waals surface area (Å²) in [6.07, 6.45) is 5.25. The zero-order chi connectivity index (χ0) is 16.1. The van der Waals surface area contributed by atoms with Crippen molar-refractivity contribution >= 4 is 29.4 Å². The molecule has 0 spiro atoms. The molecule has 2 aliphatic heterocycles. The molecule has 0 aromatic heterocycles. The zero-order valence-electron chi connectivity index (χ0n) is 13.9. The van der Waals surface area contributed by atoms with Gasteiger partial charge >= 0.3 is 0 Å². The van der Waals surface area contributed by atoms with Crippen LogP contribution in [-0.2, 0) is 11.2 Å². The Balaban J connectivity index is 1.60. The van der Waals surface area contributed by atoms with Crippen molar-refractivity contribution in [3.63, 3.8) is 0 Å². The highest BCUT2D eigenvalue weighted by Gasteiger charge is 2.29. The summed E-state index contributed by atoms with van der Waals surface area (Å²) in [5, 5.41) is 0. The van der Waals surface area contributed by atoms with Gasteiger partial charge in [0.2, 0.25) is 5.91 Å². The third kappa shape index (κ3) is 4.68. The zero-order valence-corrected chi connectivity index (χ0v) is 15.5. The summed E-state index contributed by atoms with van der Waals surface area (Å²) in [6.45, 7) is 4.38. The van der Waals surface area contributed by atoms with Gasteiger partial charge in [-0.05, 0) is 49.9 Å². The number of amides is 1. The normalized spacial score (nSPS) is 22.5. The summed E-state index contributed by atoms with van der Waals surface area (Å²) in [5.74, 6) is 2.47. The van der Waals surface area contributed by atoms with Gasteiger partial charge in [0.25, 0.3) is 0 Å². The van der Waals surface area contributed by atoms with Crippen LogP contribution in [0, 0.1) is 0 Å². The van der Waals surface area contributed by atoms with E-state index in [1.54, 1.807) is 11.8 Å². The van der Waals surface area contributed by atoms with Crippen molar-refractivity contribution in [3.8, 4) is 0 Å². The summed E-state index contributed by atoms with van der Waals surface area (Å²) in [7, 11) is 0. The largest absolute Gasteiger partial charge is 0.336 e. The van der Waals surface area contributed by atoms with Crippen LogP contribution >= 0.6 is 23.5 Å². The second-order valence-electron chi connectivity index (χ2n) is 6.35. The SMILES string of the molecule is CSc1ccc(CC(=O)N2CCSCC2CN2CCCC2)cc1. The highest BCUT2D eigenvalue weighted by atomic mass is 32.2. The van der Waals surface area contributed by atoms with Crippen molar-refractivity contribution in [3.05, 3.63) is 29.8 Å². The molecule has 2 aliphatic rings. The van der Waals surface area contributed by atoms with E-state index < -0.39 is 0 Å². The third-order valence-corrected chi connectivity index (χ3v) is 6.57. The Morgan fingerprint density at radius 2 is 1.96 bits per heavy atom. The molecule has 0 bridgehead atoms. The Kier molecular flexibility index (Phi) is 6.31. The number of benzene rings is 1. The number of carbonyl (C=O) groups is 1. The summed E-state index contributed by atoms with van der Waals surface area (Å²) >= 11 is 3.73. The van der Waals surface area contributed by atoms with E-state index in [2.05, 4.69) is 40.3 Å². The molecule has 23 heavy (non-hydrogen) atoms. The summed E-state index contributed by atoms with van der Waals surface area (Å²) in [4.78, 5) is 18.7. The van der Waals surface area contributed by atoms with Crippen LogP contribution in [0.25, 0.3) is 0 Å². The van der Waals surface area contributed by atoms with E-state index in [0.29, 0.717) is 18.4 Å². The molecule has 3 rings (SSSR count). The standard InChI is InChI=1S/C18H26N2OS2/c1-22-17-6-4-15(5-7-17)12-18(21)20-10-11-23-14-16(20)13-19-8-2-3-9-19/h4-7,16H,2-3,8-14H2,1H3. The van der Waals surface area contributed by atoms with E-state index in [1.165, 1.54) is 30.8 Å². The quantitative estimate of drug-likeness (QED) is 0.762. The van der Waals surface area contributed by atoms with E-state index in [9.17, 15) is 4.79 Å². The molecule has 3 nitrogen and oxygen atoms in total. The van der Waals surface area contributed by atoms with Crippen molar-refractivity contribution in [2.24, 2.45) is 0 Å². The second kappa shape index (κ2) is 8.45. The molecule has 2 saturated heterocycles. The summed E-state index contributed by atoms with van der Waals surface area (Å²) in [5.41, 5.74) is 1.13. The van der Waals surface area contributed by atoms with E-state index >= 15 is 0 Å². The minimum absolute atomic E-state index is 0.298. The van der Waals surface area contributed by atoms with Crippen molar-refractivity contribution in [2.75, 3.05) is 43.9 Å². The lowest BCUT2D eigenvalue weighted by atomic mass is 10.1. The number of thioether (sulfide) groups is 2. The molecule has 0 radical (unpaired) electrons. The summed E-state index contributed by atoms with van der Waals surface area (Å²) < 4.78 is 0. The molecule has 1 atom stereocenters. The Bertz CT molecular complexity index is 514. The van der Waals surface area contributed by atoms with E-state index in [1.807, 2.05) is 11.8 Å². The van der Waals surface area contributed by atoms with Gasteiger partial charge < -0.3 is 9.80 Å². The van der Waals surface area contributed by atoms with Gasteiger partial charge in [0.05, 0.1) is 12.5 Å². The molecular formula is C18H26N2OS2. The van der Waals surface area contributed by atoms with Gasteiger partial charge in [0, 0.05) is 29.5 Å². The Labute approximate surface area is 148 Å². The first kappa shape index (κ1) is 17.2. The Hall–Kier alpha value is -0.650. The minimum Gasteiger partial charge on any atom is -0.336 e. The fraction of sp³-hybridized carbons (Fsp3) is 0.611. The second-order valence-corrected chi connectivity index (χ2v) is 8.38. The highest BCUT2D eigenvalue weighted by molar-refractivity contribution is 7.99. The van der Waals surface area contributed by atoms with Crippen LogP contribution < -0.4 is 0 Å². The molecule has 0 N–H and O–H groups in total. The van der Waals surface area contributed by atoms with Crippen LogP contribution in [-0.4, -0.2) is 65.7 Å². The monoisotopic (exact) mass is 350 g/mol. The first-order valence-electron chi connectivity index (χ1n) is 8.49. The van der Waals surface area contributed by atoms with Crippen LogP contribution in [0.2, 0.25) is 0 Å². The molecule has 1 unspecified atom stereocenters. The molecule has 1 aromatic rings. The molecule has 5 heteroatoms. The van der Waals surface area contributed by atoms with E-state index in [0.717, 1.165) is 30.2 Å². The van der Waals surface area contributed by atoms with Crippen LogP contribution in [0.5, 0.6) is 0 Å². The van der Waals surface area contributed by atoms with Crippen LogP contribution in [0.3, 0.4) is 0 Å². The predicted octanol–water partition coefficient (Wildman–Crippen LogP) is 2.99. The molecular weight excluding hydrogens is 324 g/mol. The predicted molar refractivity (Wildman–Crippen MR) is 100 cm³/mol. The first-order valence-corrected chi connectivity index (χ1v) is 10.9. The smallest absolute Gasteiger partial charge is 0.227 e. The maximum absolute atomic E-state index is 12.8. The van der Waals surface area contributed by atoms with E-state index in [-0.39, 0.29) is 0 Å². The molecule has 0 saturated carbocycles. The van der Waals surface area contributed by atoms with Crippen LogP contribution in [0.15, 0.2) is 29.2 Å². The highest BCUT2D eigenvalue weighted by Crippen LogP contribution is 2.21. The lowest BCUT2D eigenvalue weighted by Crippen LogP contribution is -2.51. The van der Waals surface area contributed by atoms with Gasteiger partial charge in [-0.25, -0.2) is 0 Å². The number of nitrogens with zero attached hydrogens (tertiary/aromatic N) is 2.